The van der Waals surface area contributed by atoms with Gasteiger partial charge in [-0.15, -0.1) is 12.4 Å². The molecule has 0 aromatic heterocycles. The van der Waals surface area contributed by atoms with Crippen LogP contribution >= 0.6 is 35.6 Å². The molecular weight excluding hydrogens is 331 g/mol. The highest BCUT2D eigenvalue weighted by Gasteiger charge is 2.32. The predicted molar refractivity (Wildman–Crippen MR) is 90.1 cm³/mol. The van der Waals surface area contributed by atoms with Crippen LogP contribution in [-0.2, 0) is 0 Å². The maximum Gasteiger partial charge on any atom is 0.138 e. The summed E-state index contributed by atoms with van der Waals surface area (Å²) in [5.74, 6) is 2.43. The lowest BCUT2D eigenvalue weighted by Gasteiger charge is -2.34. The standard InChI is InChI=1S/C15H20Cl2N2O.ClH/c16-13-1-2-15(14(17)7-13)20-6-5-19-4-3-11-8-18-9-12(11)10-19;/h1-2,7,11-12,18H,3-6,8-10H2;1H. The third kappa shape index (κ3) is 4.40. The molecule has 21 heavy (non-hydrogen) atoms. The van der Waals surface area contributed by atoms with E-state index in [1.807, 2.05) is 6.07 Å². The maximum atomic E-state index is 6.09. The first-order chi connectivity index (χ1) is 9.72. The van der Waals surface area contributed by atoms with Crippen LogP contribution in [0, 0.1) is 11.8 Å². The molecule has 2 aliphatic rings. The molecule has 2 unspecified atom stereocenters. The number of rotatable bonds is 4. The highest BCUT2D eigenvalue weighted by molar-refractivity contribution is 6.35. The molecule has 0 radical (unpaired) electrons. The summed E-state index contributed by atoms with van der Waals surface area (Å²) in [4.78, 5) is 2.50. The molecule has 1 aromatic carbocycles. The van der Waals surface area contributed by atoms with Gasteiger partial charge >= 0.3 is 0 Å². The summed E-state index contributed by atoms with van der Waals surface area (Å²) in [6.07, 6.45) is 1.30. The van der Waals surface area contributed by atoms with E-state index in [2.05, 4.69) is 10.2 Å². The Bertz CT molecular complexity index is 472. The summed E-state index contributed by atoms with van der Waals surface area (Å²) in [6, 6.07) is 5.35. The lowest BCUT2D eigenvalue weighted by atomic mass is 9.89. The van der Waals surface area contributed by atoms with Crippen molar-refractivity contribution >= 4 is 35.6 Å². The van der Waals surface area contributed by atoms with Crippen LogP contribution in [0.15, 0.2) is 18.2 Å². The molecule has 0 saturated carbocycles. The Kier molecular flexibility index (Phi) is 6.45. The van der Waals surface area contributed by atoms with Crippen molar-refractivity contribution < 1.29 is 4.74 Å². The van der Waals surface area contributed by atoms with Crippen molar-refractivity contribution in [2.45, 2.75) is 6.42 Å². The van der Waals surface area contributed by atoms with Crippen molar-refractivity contribution in [3.05, 3.63) is 28.2 Å². The van der Waals surface area contributed by atoms with E-state index in [1.165, 1.54) is 32.6 Å². The summed E-state index contributed by atoms with van der Waals surface area (Å²) in [5, 5.41) is 4.71. The first kappa shape index (κ1) is 17.2. The van der Waals surface area contributed by atoms with Gasteiger partial charge in [0.15, 0.2) is 0 Å². The number of ether oxygens (including phenoxy) is 1. The lowest BCUT2D eigenvalue weighted by molar-refractivity contribution is 0.127. The largest absolute Gasteiger partial charge is 0.491 e. The third-order valence-corrected chi connectivity index (χ3v) is 4.88. The molecule has 2 aliphatic heterocycles. The van der Waals surface area contributed by atoms with Crippen LogP contribution in [0.3, 0.4) is 0 Å². The zero-order chi connectivity index (χ0) is 13.9. The first-order valence-corrected chi connectivity index (χ1v) is 7.99. The summed E-state index contributed by atoms with van der Waals surface area (Å²) < 4.78 is 5.76. The van der Waals surface area contributed by atoms with Crippen LogP contribution in [-0.4, -0.2) is 44.2 Å². The molecule has 3 rings (SSSR count). The fourth-order valence-corrected chi connectivity index (χ4v) is 3.65. The average Bonchev–Trinajstić information content (AvgIpc) is 2.89. The molecule has 0 aliphatic carbocycles. The summed E-state index contributed by atoms with van der Waals surface area (Å²) in [7, 11) is 0. The number of likely N-dealkylation sites (tertiary alicyclic amines) is 1. The van der Waals surface area contributed by atoms with Crippen molar-refractivity contribution in [2.24, 2.45) is 11.8 Å². The van der Waals surface area contributed by atoms with Gasteiger partial charge in [-0.25, -0.2) is 0 Å². The summed E-state index contributed by atoms with van der Waals surface area (Å²) >= 11 is 12.0. The number of hydrogen-bond acceptors (Lipinski definition) is 3. The van der Waals surface area contributed by atoms with E-state index in [0.717, 1.165) is 18.4 Å². The Morgan fingerprint density at radius 2 is 2.05 bits per heavy atom. The Morgan fingerprint density at radius 3 is 2.86 bits per heavy atom. The van der Waals surface area contributed by atoms with Gasteiger partial charge in [0.25, 0.3) is 0 Å². The van der Waals surface area contributed by atoms with E-state index in [-0.39, 0.29) is 12.4 Å². The zero-order valence-electron chi connectivity index (χ0n) is 11.9. The van der Waals surface area contributed by atoms with Crippen LogP contribution < -0.4 is 10.1 Å². The second kappa shape index (κ2) is 7.89. The fourth-order valence-electron chi connectivity index (χ4n) is 3.19. The molecule has 6 heteroatoms. The predicted octanol–water partition coefficient (Wildman–Crippen LogP) is 3.34. The number of piperidine rings is 1. The minimum Gasteiger partial charge on any atom is -0.491 e. The van der Waals surface area contributed by atoms with Gasteiger partial charge in [0.2, 0.25) is 0 Å². The quantitative estimate of drug-likeness (QED) is 0.900. The lowest BCUT2D eigenvalue weighted by Crippen LogP contribution is -2.41. The molecule has 0 amide bonds. The molecule has 1 N–H and O–H groups in total. The van der Waals surface area contributed by atoms with E-state index in [9.17, 15) is 0 Å². The molecule has 0 bridgehead atoms. The summed E-state index contributed by atoms with van der Waals surface area (Å²) in [6.45, 7) is 6.38. The first-order valence-electron chi connectivity index (χ1n) is 7.23. The number of nitrogens with one attached hydrogen (secondary N) is 1. The molecule has 118 valence electrons. The highest BCUT2D eigenvalue weighted by atomic mass is 35.5. The van der Waals surface area contributed by atoms with E-state index in [0.29, 0.717) is 22.4 Å². The number of halogens is 3. The molecule has 2 saturated heterocycles. The van der Waals surface area contributed by atoms with Crippen molar-refractivity contribution in [2.75, 3.05) is 39.3 Å². The van der Waals surface area contributed by atoms with E-state index < -0.39 is 0 Å². The summed E-state index contributed by atoms with van der Waals surface area (Å²) in [5.41, 5.74) is 0. The van der Waals surface area contributed by atoms with Crippen molar-refractivity contribution in [1.82, 2.24) is 10.2 Å². The van der Waals surface area contributed by atoms with Crippen LogP contribution in [0.1, 0.15) is 6.42 Å². The second-order valence-corrected chi connectivity index (χ2v) is 6.53. The molecule has 3 nitrogen and oxygen atoms in total. The van der Waals surface area contributed by atoms with Crippen molar-refractivity contribution in [3.8, 4) is 5.75 Å². The number of benzene rings is 1. The number of nitrogens with zero attached hydrogens (tertiary/aromatic N) is 1. The third-order valence-electron chi connectivity index (χ3n) is 4.35. The molecule has 1 aromatic rings. The highest BCUT2D eigenvalue weighted by Crippen LogP contribution is 2.28. The van der Waals surface area contributed by atoms with Gasteiger partial charge in [0.05, 0.1) is 5.02 Å². The van der Waals surface area contributed by atoms with E-state index >= 15 is 0 Å². The Balaban J connectivity index is 0.00000161. The molecular formula is C15H21Cl3N2O. The SMILES string of the molecule is Cl.Clc1ccc(OCCN2CCC3CNCC3C2)c(Cl)c1. The van der Waals surface area contributed by atoms with Crippen molar-refractivity contribution in [1.29, 1.82) is 0 Å². The van der Waals surface area contributed by atoms with Crippen LogP contribution in [0.25, 0.3) is 0 Å². The van der Waals surface area contributed by atoms with Crippen LogP contribution in [0.2, 0.25) is 10.0 Å². The minimum absolute atomic E-state index is 0. The van der Waals surface area contributed by atoms with Gasteiger partial charge in [0, 0.05) is 18.1 Å². The topological polar surface area (TPSA) is 24.5 Å². The van der Waals surface area contributed by atoms with Gasteiger partial charge in [-0.1, -0.05) is 23.2 Å². The van der Waals surface area contributed by atoms with Crippen molar-refractivity contribution in [3.63, 3.8) is 0 Å². The van der Waals surface area contributed by atoms with Gasteiger partial charge in [0.1, 0.15) is 12.4 Å². The number of fused-ring (bicyclic) bond motifs is 1. The van der Waals surface area contributed by atoms with Gasteiger partial charge in [-0.2, -0.15) is 0 Å². The molecule has 2 heterocycles. The fraction of sp³-hybridized carbons (Fsp3) is 0.600. The van der Waals surface area contributed by atoms with Crippen LogP contribution in [0.4, 0.5) is 0 Å². The Hall–Kier alpha value is -0.190. The minimum atomic E-state index is 0. The average molecular weight is 352 g/mol. The van der Waals surface area contributed by atoms with Gasteiger partial charge in [-0.05, 0) is 56.1 Å². The maximum absolute atomic E-state index is 6.09. The Labute approximate surface area is 142 Å². The van der Waals surface area contributed by atoms with Gasteiger partial charge < -0.3 is 10.1 Å². The smallest absolute Gasteiger partial charge is 0.138 e. The molecule has 2 fully saturated rings. The van der Waals surface area contributed by atoms with Gasteiger partial charge in [-0.3, -0.25) is 4.90 Å². The molecule has 2 atom stereocenters. The monoisotopic (exact) mass is 350 g/mol. The van der Waals surface area contributed by atoms with E-state index in [1.54, 1.807) is 12.1 Å². The zero-order valence-corrected chi connectivity index (χ0v) is 14.2. The van der Waals surface area contributed by atoms with E-state index in [4.69, 9.17) is 27.9 Å². The molecule has 0 spiro atoms. The number of hydrogen-bond donors (Lipinski definition) is 1. The second-order valence-electron chi connectivity index (χ2n) is 5.69. The van der Waals surface area contributed by atoms with Crippen LogP contribution in [0.5, 0.6) is 5.75 Å². The normalized spacial score (nSPS) is 25.2. The Morgan fingerprint density at radius 1 is 1.24 bits per heavy atom.